The number of hydrogen-bond donors (Lipinski definition) is 2. The van der Waals surface area contributed by atoms with Crippen molar-refractivity contribution < 1.29 is 4.79 Å². The third-order valence-electron chi connectivity index (χ3n) is 3.17. The first kappa shape index (κ1) is 11.0. The topological polar surface area (TPSA) is 70.7 Å². The van der Waals surface area contributed by atoms with Gasteiger partial charge in [-0.05, 0) is 24.3 Å². The molecule has 5 heteroatoms. The average Bonchev–Trinajstić information content (AvgIpc) is 3.10. The quantitative estimate of drug-likeness (QED) is 0.857. The minimum Gasteiger partial charge on any atom is -0.342 e. The Morgan fingerprint density at radius 2 is 2.11 bits per heavy atom. The summed E-state index contributed by atoms with van der Waals surface area (Å²) >= 11 is 0. The van der Waals surface area contributed by atoms with E-state index in [9.17, 15) is 4.79 Å². The van der Waals surface area contributed by atoms with Crippen molar-refractivity contribution in [2.45, 2.75) is 18.9 Å². The van der Waals surface area contributed by atoms with Crippen molar-refractivity contribution >= 4 is 5.91 Å². The zero-order valence-corrected chi connectivity index (χ0v) is 9.84. The highest BCUT2D eigenvalue weighted by molar-refractivity contribution is 5.90. The second kappa shape index (κ2) is 4.60. The number of nitrogens with one attached hydrogen (secondary N) is 2. The molecule has 1 fully saturated rings. The Bertz CT molecular complexity index is 519. The van der Waals surface area contributed by atoms with Crippen LogP contribution in [0.3, 0.4) is 0 Å². The van der Waals surface area contributed by atoms with Gasteiger partial charge in [0.1, 0.15) is 6.33 Å². The highest BCUT2D eigenvalue weighted by atomic mass is 16.2. The maximum Gasteiger partial charge on any atom is 0.289 e. The number of amides is 1. The fourth-order valence-corrected chi connectivity index (χ4v) is 2.09. The molecule has 5 nitrogen and oxygen atoms in total. The number of H-pyrrole nitrogens is 1. The van der Waals surface area contributed by atoms with E-state index in [0.29, 0.717) is 5.92 Å². The fraction of sp³-hybridized carbons (Fsp3) is 0.308. The van der Waals surface area contributed by atoms with Crippen LogP contribution in [0.4, 0.5) is 0 Å². The van der Waals surface area contributed by atoms with Gasteiger partial charge in [0.2, 0.25) is 5.82 Å². The predicted molar refractivity (Wildman–Crippen MR) is 65.8 cm³/mol. The smallest absolute Gasteiger partial charge is 0.289 e. The monoisotopic (exact) mass is 242 g/mol. The highest BCUT2D eigenvalue weighted by Crippen LogP contribution is 2.40. The maximum absolute atomic E-state index is 12.0. The van der Waals surface area contributed by atoms with E-state index in [2.05, 4.69) is 20.5 Å². The van der Waals surface area contributed by atoms with Crippen LogP contribution in [0.15, 0.2) is 36.7 Å². The number of hydrogen-bond acceptors (Lipinski definition) is 3. The third kappa shape index (κ3) is 2.25. The molecule has 0 bridgehead atoms. The van der Waals surface area contributed by atoms with Crippen molar-refractivity contribution in [2.75, 3.05) is 0 Å². The molecular weight excluding hydrogens is 228 g/mol. The highest BCUT2D eigenvalue weighted by Gasteiger charge is 2.33. The molecule has 0 saturated heterocycles. The molecule has 0 radical (unpaired) electrons. The van der Waals surface area contributed by atoms with Gasteiger partial charge in [0.05, 0.1) is 6.04 Å². The first-order valence-electron chi connectivity index (χ1n) is 6.06. The zero-order valence-electron chi connectivity index (χ0n) is 9.84. The lowest BCUT2D eigenvalue weighted by Gasteiger charge is -2.17. The normalized spacial score (nSPS) is 16.2. The Morgan fingerprint density at radius 1 is 1.33 bits per heavy atom. The van der Waals surface area contributed by atoms with E-state index in [1.807, 2.05) is 30.3 Å². The van der Waals surface area contributed by atoms with E-state index in [-0.39, 0.29) is 17.8 Å². The molecule has 1 aromatic carbocycles. The second-order valence-corrected chi connectivity index (χ2v) is 4.53. The summed E-state index contributed by atoms with van der Waals surface area (Å²) in [5.74, 6) is 0.601. The molecule has 1 atom stereocenters. The average molecular weight is 242 g/mol. The molecule has 1 heterocycles. The van der Waals surface area contributed by atoms with E-state index >= 15 is 0 Å². The molecule has 2 aromatic rings. The lowest BCUT2D eigenvalue weighted by Crippen LogP contribution is -2.30. The number of carbonyl (C=O) groups excluding carboxylic acids is 1. The molecule has 18 heavy (non-hydrogen) atoms. The van der Waals surface area contributed by atoms with E-state index in [1.165, 1.54) is 6.33 Å². The molecule has 92 valence electrons. The van der Waals surface area contributed by atoms with Gasteiger partial charge in [0.15, 0.2) is 0 Å². The molecule has 1 saturated carbocycles. The Kier molecular flexibility index (Phi) is 2.80. The summed E-state index contributed by atoms with van der Waals surface area (Å²) < 4.78 is 0. The first-order chi connectivity index (χ1) is 8.84. The van der Waals surface area contributed by atoms with E-state index in [1.54, 1.807) is 0 Å². The van der Waals surface area contributed by atoms with Crippen molar-refractivity contribution in [3.8, 4) is 0 Å². The number of carbonyl (C=O) groups is 1. The summed E-state index contributed by atoms with van der Waals surface area (Å²) in [6.07, 6.45) is 3.66. The molecule has 1 aromatic heterocycles. The largest absolute Gasteiger partial charge is 0.342 e. The van der Waals surface area contributed by atoms with Gasteiger partial charge in [-0.15, -0.1) is 0 Å². The van der Waals surface area contributed by atoms with Crippen LogP contribution in [-0.4, -0.2) is 21.1 Å². The fourth-order valence-electron chi connectivity index (χ4n) is 2.09. The Hall–Kier alpha value is -2.17. The number of benzene rings is 1. The summed E-state index contributed by atoms with van der Waals surface area (Å²) in [6, 6.07) is 10.1. The standard InChI is InChI=1S/C13H14N4O/c18-13(12-14-8-15-17-12)16-11(10-6-7-10)9-4-2-1-3-5-9/h1-5,8,10-11H,6-7H2,(H,16,18)(H,14,15,17). The van der Waals surface area contributed by atoms with E-state index < -0.39 is 0 Å². The van der Waals surface area contributed by atoms with Crippen molar-refractivity contribution in [2.24, 2.45) is 5.92 Å². The van der Waals surface area contributed by atoms with Crippen molar-refractivity contribution in [1.29, 1.82) is 0 Å². The van der Waals surface area contributed by atoms with Crippen LogP contribution >= 0.6 is 0 Å². The molecule has 2 N–H and O–H groups in total. The van der Waals surface area contributed by atoms with Gasteiger partial charge in [0, 0.05) is 0 Å². The maximum atomic E-state index is 12.0. The Balaban J connectivity index is 1.77. The molecule has 0 spiro atoms. The second-order valence-electron chi connectivity index (χ2n) is 4.53. The minimum atomic E-state index is -0.201. The van der Waals surface area contributed by atoms with Crippen molar-refractivity contribution in [3.05, 3.63) is 48.0 Å². The summed E-state index contributed by atoms with van der Waals surface area (Å²) in [4.78, 5) is 15.8. The predicted octanol–water partition coefficient (Wildman–Crippen LogP) is 1.69. The van der Waals surface area contributed by atoms with Crippen LogP contribution in [0.5, 0.6) is 0 Å². The SMILES string of the molecule is O=C(NC(c1ccccc1)C1CC1)c1ncn[nH]1. The van der Waals surface area contributed by atoms with Crippen molar-refractivity contribution in [3.63, 3.8) is 0 Å². The van der Waals surface area contributed by atoms with Crippen LogP contribution in [0.1, 0.15) is 35.1 Å². The number of rotatable bonds is 4. The molecule has 0 aliphatic heterocycles. The van der Waals surface area contributed by atoms with Crippen LogP contribution in [0, 0.1) is 5.92 Å². The van der Waals surface area contributed by atoms with Crippen LogP contribution < -0.4 is 5.32 Å². The molecular formula is C13H14N4O. The van der Waals surface area contributed by atoms with E-state index in [0.717, 1.165) is 18.4 Å². The molecule has 1 amide bonds. The lowest BCUT2D eigenvalue weighted by molar-refractivity contribution is 0.0921. The van der Waals surface area contributed by atoms with Gasteiger partial charge in [-0.25, -0.2) is 4.98 Å². The van der Waals surface area contributed by atoms with Gasteiger partial charge in [-0.1, -0.05) is 30.3 Å². The first-order valence-corrected chi connectivity index (χ1v) is 6.06. The number of nitrogens with zero attached hydrogens (tertiary/aromatic N) is 2. The summed E-state index contributed by atoms with van der Waals surface area (Å²) in [6.45, 7) is 0. The minimum absolute atomic E-state index is 0.0730. The summed E-state index contributed by atoms with van der Waals surface area (Å²) in [7, 11) is 0. The molecule has 1 unspecified atom stereocenters. The zero-order chi connectivity index (χ0) is 12.4. The Labute approximate surface area is 105 Å². The van der Waals surface area contributed by atoms with Crippen LogP contribution in [-0.2, 0) is 0 Å². The van der Waals surface area contributed by atoms with Gasteiger partial charge in [0.25, 0.3) is 5.91 Å². The molecule has 3 rings (SSSR count). The van der Waals surface area contributed by atoms with E-state index in [4.69, 9.17) is 0 Å². The lowest BCUT2D eigenvalue weighted by atomic mass is 10.0. The number of aromatic amines is 1. The van der Waals surface area contributed by atoms with Crippen molar-refractivity contribution in [1.82, 2.24) is 20.5 Å². The van der Waals surface area contributed by atoms with Gasteiger partial charge in [-0.3, -0.25) is 9.89 Å². The van der Waals surface area contributed by atoms with Gasteiger partial charge in [-0.2, -0.15) is 5.10 Å². The summed E-state index contributed by atoms with van der Waals surface area (Å²) in [5.41, 5.74) is 1.15. The molecule has 1 aliphatic carbocycles. The number of aromatic nitrogens is 3. The Morgan fingerprint density at radius 3 is 2.72 bits per heavy atom. The van der Waals surface area contributed by atoms with Gasteiger partial charge < -0.3 is 5.32 Å². The summed E-state index contributed by atoms with van der Waals surface area (Å²) in [5, 5.41) is 9.29. The van der Waals surface area contributed by atoms with Gasteiger partial charge >= 0.3 is 0 Å². The molecule has 1 aliphatic rings. The van der Waals surface area contributed by atoms with Crippen LogP contribution in [0.2, 0.25) is 0 Å². The van der Waals surface area contributed by atoms with Crippen LogP contribution in [0.25, 0.3) is 0 Å². The third-order valence-corrected chi connectivity index (χ3v) is 3.17.